The zero-order valence-corrected chi connectivity index (χ0v) is 13.8. The van der Waals surface area contributed by atoms with E-state index < -0.39 is 16.1 Å². The van der Waals surface area contributed by atoms with Crippen LogP contribution in [-0.2, 0) is 10.0 Å². The molecule has 0 aliphatic carbocycles. The number of sulfonamides is 1. The molecule has 122 valence electrons. The quantitative estimate of drug-likeness (QED) is 0.839. The highest BCUT2D eigenvalue weighted by atomic mass is 32.2. The Labute approximate surface area is 129 Å². The summed E-state index contributed by atoms with van der Waals surface area (Å²) in [5.74, 6) is 1.59. The lowest BCUT2D eigenvalue weighted by Gasteiger charge is -2.10. The maximum absolute atomic E-state index is 12.2. The molecule has 2 heterocycles. The van der Waals surface area contributed by atoms with Crippen LogP contribution in [0.3, 0.4) is 0 Å². The van der Waals surface area contributed by atoms with Crippen LogP contribution >= 0.6 is 0 Å². The van der Waals surface area contributed by atoms with Crippen LogP contribution in [0, 0.1) is 27.7 Å². The Bertz CT molecular complexity index is 741. The molecule has 0 aliphatic rings. The second kappa shape index (κ2) is 6.23. The molecule has 2 rings (SSSR count). The summed E-state index contributed by atoms with van der Waals surface area (Å²) >= 11 is 0. The van der Waals surface area contributed by atoms with Crippen molar-refractivity contribution in [1.29, 1.82) is 0 Å². The smallest absolute Gasteiger partial charge is 0.245 e. The van der Waals surface area contributed by atoms with Gasteiger partial charge in [-0.2, -0.15) is 0 Å². The maximum Gasteiger partial charge on any atom is 0.245 e. The van der Waals surface area contributed by atoms with Gasteiger partial charge in [0, 0.05) is 12.1 Å². The fourth-order valence-electron chi connectivity index (χ4n) is 2.40. The number of aliphatic hydroxyl groups is 1. The lowest BCUT2D eigenvalue weighted by Crippen LogP contribution is -2.26. The van der Waals surface area contributed by atoms with Crippen LogP contribution in [0.5, 0.6) is 0 Å². The van der Waals surface area contributed by atoms with Crippen molar-refractivity contribution < 1.29 is 22.5 Å². The van der Waals surface area contributed by atoms with Gasteiger partial charge in [-0.1, -0.05) is 5.16 Å². The minimum Gasteiger partial charge on any atom is -0.466 e. The van der Waals surface area contributed by atoms with Crippen LogP contribution in [0.15, 0.2) is 19.9 Å². The van der Waals surface area contributed by atoms with E-state index in [1.165, 1.54) is 0 Å². The van der Waals surface area contributed by atoms with E-state index in [2.05, 4.69) is 9.88 Å². The standard InChI is InChI=1S/C14H20N2O5S/c1-8-7-12(10(3)20-8)13(17)5-6-15-22(18,19)14-9(2)16-21-11(14)4/h7,13,15,17H,5-6H2,1-4H3/t13-/m1/s1. The summed E-state index contributed by atoms with van der Waals surface area (Å²) in [5.41, 5.74) is 0.987. The van der Waals surface area contributed by atoms with Gasteiger partial charge >= 0.3 is 0 Å². The van der Waals surface area contributed by atoms with E-state index in [4.69, 9.17) is 8.94 Å². The highest BCUT2D eigenvalue weighted by Gasteiger charge is 2.24. The van der Waals surface area contributed by atoms with Gasteiger partial charge in [0.15, 0.2) is 5.76 Å². The molecule has 0 radical (unpaired) electrons. The first-order chi connectivity index (χ1) is 10.2. The summed E-state index contributed by atoms with van der Waals surface area (Å²) in [6.07, 6.45) is -0.549. The van der Waals surface area contributed by atoms with Gasteiger partial charge in [0.05, 0.1) is 6.10 Å². The lowest BCUT2D eigenvalue weighted by atomic mass is 10.1. The third kappa shape index (κ3) is 3.40. The zero-order chi connectivity index (χ0) is 16.5. The van der Waals surface area contributed by atoms with Crippen molar-refractivity contribution >= 4 is 10.0 Å². The second-order valence-corrected chi connectivity index (χ2v) is 6.93. The van der Waals surface area contributed by atoms with E-state index in [0.29, 0.717) is 22.8 Å². The monoisotopic (exact) mass is 328 g/mol. The molecule has 0 unspecified atom stereocenters. The third-order valence-corrected chi connectivity index (χ3v) is 5.09. The Hall–Kier alpha value is -1.64. The number of furan rings is 1. The molecule has 0 saturated heterocycles. The highest BCUT2D eigenvalue weighted by Crippen LogP contribution is 2.24. The molecule has 0 saturated carbocycles. The topological polar surface area (TPSA) is 106 Å². The number of nitrogens with one attached hydrogen (secondary N) is 1. The van der Waals surface area contributed by atoms with Gasteiger partial charge in [-0.25, -0.2) is 13.1 Å². The van der Waals surface area contributed by atoms with Gasteiger partial charge in [-0.3, -0.25) is 0 Å². The number of aliphatic hydroxyl groups excluding tert-OH is 1. The molecule has 1 atom stereocenters. The Morgan fingerprint density at radius 3 is 2.45 bits per heavy atom. The zero-order valence-electron chi connectivity index (χ0n) is 13.0. The minimum absolute atomic E-state index is 0.0531. The van der Waals surface area contributed by atoms with Crippen molar-refractivity contribution in [2.75, 3.05) is 6.54 Å². The maximum atomic E-state index is 12.2. The molecule has 0 aliphatic heterocycles. The summed E-state index contributed by atoms with van der Waals surface area (Å²) in [4.78, 5) is 0.0531. The summed E-state index contributed by atoms with van der Waals surface area (Å²) in [6, 6.07) is 1.75. The molecule has 7 nitrogen and oxygen atoms in total. The summed E-state index contributed by atoms with van der Waals surface area (Å²) in [6.45, 7) is 6.76. The van der Waals surface area contributed by atoms with Crippen LogP contribution in [-0.4, -0.2) is 25.2 Å². The molecule has 0 bridgehead atoms. The predicted molar refractivity (Wildman–Crippen MR) is 78.9 cm³/mol. The first-order valence-electron chi connectivity index (χ1n) is 6.90. The van der Waals surface area contributed by atoms with Crippen LogP contribution in [0.25, 0.3) is 0 Å². The van der Waals surface area contributed by atoms with Crippen LogP contribution < -0.4 is 4.72 Å². The molecular weight excluding hydrogens is 308 g/mol. The van der Waals surface area contributed by atoms with Crippen molar-refractivity contribution in [3.8, 4) is 0 Å². The molecule has 0 aromatic carbocycles. The molecule has 2 N–H and O–H groups in total. The number of hydrogen-bond donors (Lipinski definition) is 2. The second-order valence-electron chi connectivity index (χ2n) is 5.22. The fraction of sp³-hybridized carbons (Fsp3) is 0.500. The lowest BCUT2D eigenvalue weighted by molar-refractivity contribution is 0.167. The van der Waals surface area contributed by atoms with E-state index in [1.54, 1.807) is 33.8 Å². The van der Waals surface area contributed by atoms with Crippen LogP contribution in [0.4, 0.5) is 0 Å². The van der Waals surface area contributed by atoms with Crippen molar-refractivity contribution in [2.45, 2.75) is 45.1 Å². The van der Waals surface area contributed by atoms with Crippen LogP contribution in [0.1, 0.15) is 41.1 Å². The van der Waals surface area contributed by atoms with Crippen molar-refractivity contribution in [3.63, 3.8) is 0 Å². The number of aromatic nitrogens is 1. The Balaban J connectivity index is 2.00. The van der Waals surface area contributed by atoms with Crippen molar-refractivity contribution in [1.82, 2.24) is 9.88 Å². The van der Waals surface area contributed by atoms with E-state index in [9.17, 15) is 13.5 Å². The molecule has 8 heteroatoms. The Morgan fingerprint density at radius 1 is 1.27 bits per heavy atom. The predicted octanol–water partition coefficient (Wildman–Crippen LogP) is 1.90. The highest BCUT2D eigenvalue weighted by molar-refractivity contribution is 7.89. The Kier molecular flexibility index (Phi) is 4.74. The summed E-state index contributed by atoms with van der Waals surface area (Å²) in [5, 5.41) is 13.8. The van der Waals surface area contributed by atoms with E-state index >= 15 is 0 Å². The molecule has 0 spiro atoms. The summed E-state index contributed by atoms with van der Waals surface area (Å²) < 4.78 is 37.1. The molecule has 2 aromatic heterocycles. The molecule has 22 heavy (non-hydrogen) atoms. The average molecular weight is 328 g/mol. The van der Waals surface area contributed by atoms with Gasteiger partial charge < -0.3 is 14.0 Å². The number of hydrogen-bond acceptors (Lipinski definition) is 6. The first kappa shape index (κ1) is 16.7. The number of nitrogens with zero attached hydrogens (tertiary/aromatic N) is 1. The van der Waals surface area contributed by atoms with E-state index in [-0.39, 0.29) is 23.6 Å². The molecule has 0 amide bonds. The SMILES string of the molecule is Cc1cc([C@H](O)CCNS(=O)(=O)c2c(C)noc2C)c(C)o1. The van der Waals surface area contributed by atoms with Crippen LogP contribution in [0.2, 0.25) is 0 Å². The number of rotatable bonds is 6. The molecule has 2 aromatic rings. The molecule has 0 fully saturated rings. The Morgan fingerprint density at radius 2 is 1.95 bits per heavy atom. The average Bonchev–Trinajstić information content (AvgIpc) is 2.91. The summed E-state index contributed by atoms with van der Waals surface area (Å²) in [7, 11) is -3.70. The van der Waals surface area contributed by atoms with Gasteiger partial charge in [-0.05, 0) is 40.2 Å². The largest absolute Gasteiger partial charge is 0.466 e. The minimum atomic E-state index is -3.70. The first-order valence-corrected chi connectivity index (χ1v) is 8.38. The third-order valence-electron chi connectivity index (χ3n) is 3.38. The van der Waals surface area contributed by atoms with Gasteiger partial charge in [0.2, 0.25) is 10.0 Å². The number of aryl methyl sites for hydroxylation is 4. The fourth-order valence-corrected chi connectivity index (χ4v) is 3.77. The van der Waals surface area contributed by atoms with Crippen molar-refractivity contribution in [2.24, 2.45) is 0 Å². The van der Waals surface area contributed by atoms with Crippen molar-refractivity contribution in [3.05, 3.63) is 34.6 Å². The van der Waals surface area contributed by atoms with E-state index in [0.717, 1.165) is 0 Å². The van der Waals surface area contributed by atoms with Gasteiger partial charge in [-0.15, -0.1) is 0 Å². The van der Waals surface area contributed by atoms with E-state index in [1.807, 2.05) is 0 Å². The normalized spacial score (nSPS) is 13.5. The van der Waals surface area contributed by atoms with Gasteiger partial charge in [0.1, 0.15) is 22.1 Å². The van der Waals surface area contributed by atoms with Gasteiger partial charge in [0.25, 0.3) is 0 Å². The molecular formula is C14H20N2O5S.